The van der Waals surface area contributed by atoms with Crippen LogP contribution in [0.5, 0.6) is 11.5 Å². The number of thiol groups is 1. The van der Waals surface area contributed by atoms with Crippen molar-refractivity contribution in [2.75, 3.05) is 17.8 Å². The summed E-state index contributed by atoms with van der Waals surface area (Å²) in [5.41, 5.74) is 1.17. The fourth-order valence-electron chi connectivity index (χ4n) is 2.17. The summed E-state index contributed by atoms with van der Waals surface area (Å²) in [6.07, 6.45) is 2.04. The number of anilines is 1. The van der Waals surface area contributed by atoms with Crippen LogP contribution < -0.4 is 10.1 Å². The molecule has 26 heavy (non-hydrogen) atoms. The summed E-state index contributed by atoms with van der Waals surface area (Å²) < 4.78 is 10.5. The van der Waals surface area contributed by atoms with E-state index < -0.39 is 0 Å². The molecule has 5 nitrogen and oxygen atoms in total. The van der Waals surface area contributed by atoms with E-state index >= 15 is 0 Å². The average Bonchev–Trinajstić information content (AvgIpc) is 2.65. The van der Waals surface area contributed by atoms with Crippen molar-refractivity contribution in [3.05, 3.63) is 48.0 Å². The lowest BCUT2D eigenvalue weighted by Crippen LogP contribution is -2.06. The van der Waals surface area contributed by atoms with Gasteiger partial charge in [-0.15, -0.1) is 12.6 Å². The summed E-state index contributed by atoms with van der Waals surface area (Å²) in [4.78, 5) is 23.0. The highest BCUT2D eigenvalue weighted by atomic mass is 32.2. The molecule has 0 saturated carbocycles. The van der Waals surface area contributed by atoms with Gasteiger partial charge in [0.15, 0.2) is 5.75 Å². The highest BCUT2D eigenvalue weighted by Gasteiger charge is 2.16. The molecule has 0 radical (unpaired) electrons. The van der Waals surface area contributed by atoms with Crippen LogP contribution in [0.15, 0.2) is 47.4 Å². The topological polar surface area (TPSA) is 64.6 Å². The van der Waals surface area contributed by atoms with Gasteiger partial charge in [0.1, 0.15) is 11.7 Å². The van der Waals surface area contributed by atoms with Crippen LogP contribution in [0.2, 0.25) is 0 Å². The Morgan fingerprint density at radius 2 is 2.04 bits per heavy atom. The summed E-state index contributed by atoms with van der Waals surface area (Å²) >= 11 is 5.42. The molecule has 0 amide bonds. The van der Waals surface area contributed by atoms with Crippen molar-refractivity contribution in [2.45, 2.75) is 24.7 Å². The second kappa shape index (κ2) is 10.8. The number of para-hydroxylation sites is 1. The smallest absolute Gasteiger partial charge is 0.293 e. The number of thioether (sulfide) groups is 1. The van der Waals surface area contributed by atoms with E-state index in [1.807, 2.05) is 30.3 Å². The Hall–Kier alpha value is -2.12. The molecule has 0 fully saturated rings. The first kappa shape index (κ1) is 20.2. The van der Waals surface area contributed by atoms with Crippen LogP contribution in [0.1, 0.15) is 30.1 Å². The van der Waals surface area contributed by atoms with Crippen LogP contribution >= 0.6 is 24.4 Å². The maximum atomic E-state index is 12.3. The van der Waals surface area contributed by atoms with Crippen LogP contribution in [0.4, 0.5) is 5.69 Å². The lowest BCUT2D eigenvalue weighted by Gasteiger charge is -2.16. The third-order valence-corrected chi connectivity index (χ3v) is 4.52. The highest BCUT2D eigenvalue weighted by Crippen LogP contribution is 2.37. The van der Waals surface area contributed by atoms with E-state index in [-0.39, 0.29) is 11.1 Å². The molecule has 0 aliphatic heterocycles. The molecular formula is C19H21NO4S2. The van der Waals surface area contributed by atoms with Crippen LogP contribution in [-0.2, 0) is 9.53 Å². The molecule has 0 saturated heterocycles. The first-order valence-corrected chi connectivity index (χ1v) is 9.65. The van der Waals surface area contributed by atoms with Gasteiger partial charge >= 0.3 is 0 Å². The SMILES string of the molecule is CCCCNc1cc(C(=O)SCOC=O)cc(S)c1Oc1ccccc1. The largest absolute Gasteiger partial charge is 0.456 e. The molecule has 0 heterocycles. The van der Waals surface area contributed by atoms with E-state index in [0.29, 0.717) is 34.1 Å². The van der Waals surface area contributed by atoms with Gasteiger partial charge in [0.05, 0.1) is 5.69 Å². The average molecular weight is 392 g/mol. The van der Waals surface area contributed by atoms with Crippen molar-refractivity contribution in [3.8, 4) is 11.5 Å². The number of nitrogens with one attached hydrogen (secondary N) is 1. The van der Waals surface area contributed by atoms with Gasteiger partial charge in [-0.2, -0.15) is 0 Å². The summed E-state index contributed by atoms with van der Waals surface area (Å²) in [7, 11) is 0. The normalized spacial score (nSPS) is 10.2. The number of unbranched alkanes of at least 4 members (excludes halogenated alkanes) is 1. The van der Waals surface area contributed by atoms with Crippen LogP contribution in [0.3, 0.4) is 0 Å². The van der Waals surface area contributed by atoms with Crippen LogP contribution in [-0.4, -0.2) is 24.1 Å². The van der Waals surface area contributed by atoms with E-state index in [9.17, 15) is 9.59 Å². The van der Waals surface area contributed by atoms with Crippen LogP contribution in [0.25, 0.3) is 0 Å². The highest BCUT2D eigenvalue weighted by molar-refractivity contribution is 8.14. The molecule has 1 N–H and O–H groups in total. The first-order chi connectivity index (χ1) is 12.7. The third-order valence-electron chi connectivity index (χ3n) is 3.44. The molecular weight excluding hydrogens is 370 g/mol. The van der Waals surface area contributed by atoms with Crippen molar-refractivity contribution < 1.29 is 19.1 Å². The molecule has 7 heteroatoms. The maximum Gasteiger partial charge on any atom is 0.293 e. The molecule has 0 aliphatic carbocycles. The molecule has 138 valence electrons. The molecule has 2 aromatic carbocycles. The minimum absolute atomic E-state index is 0.0227. The second-order valence-electron chi connectivity index (χ2n) is 5.38. The Kier molecular flexibility index (Phi) is 8.37. The summed E-state index contributed by atoms with van der Waals surface area (Å²) in [6, 6.07) is 12.8. The number of rotatable bonds is 10. The van der Waals surface area contributed by atoms with E-state index in [4.69, 9.17) is 4.74 Å². The van der Waals surface area contributed by atoms with Gasteiger partial charge in [-0.1, -0.05) is 31.5 Å². The summed E-state index contributed by atoms with van der Waals surface area (Å²) in [6.45, 7) is 3.18. The Morgan fingerprint density at radius 1 is 1.27 bits per heavy atom. The van der Waals surface area contributed by atoms with E-state index in [2.05, 4.69) is 29.6 Å². The second-order valence-corrected chi connectivity index (χ2v) is 6.76. The fourth-order valence-corrected chi connectivity index (χ4v) is 3.00. The van der Waals surface area contributed by atoms with Crippen LogP contribution in [0, 0.1) is 0 Å². The Labute approximate surface area is 162 Å². The Balaban J connectivity index is 2.27. The number of hydrogen-bond donors (Lipinski definition) is 2. The van der Waals surface area contributed by atoms with Gasteiger partial charge in [0.25, 0.3) is 6.47 Å². The van der Waals surface area contributed by atoms with E-state index in [1.165, 1.54) is 0 Å². The molecule has 2 aromatic rings. The molecule has 0 unspecified atom stereocenters. The number of benzene rings is 2. The fraction of sp³-hybridized carbons (Fsp3) is 0.263. The molecule has 0 bridgehead atoms. The van der Waals surface area contributed by atoms with E-state index in [0.717, 1.165) is 31.1 Å². The Bertz CT molecular complexity index is 738. The minimum atomic E-state index is -0.202. The van der Waals surface area contributed by atoms with Crippen molar-refractivity contribution in [3.63, 3.8) is 0 Å². The van der Waals surface area contributed by atoms with Gasteiger partial charge in [-0.05, 0) is 42.4 Å². The van der Waals surface area contributed by atoms with Crippen molar-refractivity contribution in [1.29, 1.82) is 0 Å². The standard InChI is InChI=1S/C19H21NO4S2/c1-2-3-9-20-16-10-14(19(22)26-13-23-12-21)11-17(25)18(16)24-15-7-5-4-6-8-15/h4-8,10-12,20,25H,2-3,9,13H2,1H3. The first-order valence-electron chi connectivity index (χ1n) is 8.21. The summed E-state index contributed by atoms with van der Waals surface area (Å²) in [5.74, 6) is 1.24. The van der Waals surface area contributed by atoms with E-state index in [1.54, 1.807) is 12.1 Å². The number of ether oxygens (including phenoxy) is 2. The van der Waals surface area contributed by atoms with Gasteiger partial charge in [0.2, 0.25) is 5.12 Å². The Morgan fingerprint density at radius 3 is 2.73 bits per heavy atom. The van der Waals surface area contributed by atoms with Crippen molar-refractivity contribution in [2.24, 2.45) is 0 Å². The number of carbonyl (C=O) groups excluding carboxylic acids is 2. The maximum absolute atomic E-state index is 12.3. The zero-order valence-electron chi connectivity index (χ0n) is 14.4. The van der Waals surface area contributed by atoms with Crippen molar-refractivity contribution >= 4 is 41.7 Å². The molecule has 0 spiro atoms. The number of hydrogen-bond acceptors (Lipinski definition) is 7. The molecule has 0 aliphatic rings. The van der Waals surface area contributed by atoms with Gasteiger partial charge < -0.3 is 14.8 Å². The molecule has 2 rings (SSSR count). The van der Waals surface area contributed by atoms with Gasteiger partial charge in [-0.25, -0.2) is 0 Å². The van der Waals surface area contributed by atoms with Crippen molar-refractivity contribution in [1.82, 2.24) is 0 Å². The predicted molar refractivity (Wildman–Crippen MR) is 108 cm³/mol. The minimum Gasteiger partial charge on any atom is -0.456 e. The number of carbonyl (C=O) groups is 2. The van der Waals surface area contributed by atoms with Gasteiger partial charge in [-0.3, -0.25) is 9.59 Å². The molecule has 0 atom stereocenters. The lowest BCUT2D eigenvalue weighted by atomic mass is 10.2. The third kappa shape index (κ3) is 6.00. The lowest BCUT2D eigenvalue weighted by molar-refractivity contribution is -0.126. The summed E-state index contributed by atoms with van der Waals surface area (Å²) in [5, 5.41) is 3.11. The zero-order valence-corrected chi connectivity index (χ0v) is 16.1. The monoisotopic (exact) mass is 391 g/mol. The van der Waals surface area contributed by atoms with Gasteiger partial charge in [0, 0.05) is 17.0 Å². The predicted octanol–water partition coefficient (Wildman–Crippen LogP) is 4.98. The quantitative estimate of drug-likeness (QED) is 0.258. The zero-order chi connectivity index (χ0) is 18.8. The molecule has 0 aromatic heterocycles.